The molecule has 0 aromatic heterocycles. The molecule has 0 spiro atoms. The lowest BCUT2D eigenvalue weighted by molar-refractivity contribution is -0.133. The number of hydrogen-bond donors (Lipinski definition) is 1. The molecule has 2 aromatic carbocycles. The number of amides is 3. The zero-order chi connectivity index (χ0) is 27.1. The Morgan fingerprint density at radius 2 is 1.84 bits per heavy atom. The Bertz CT molecular complexity index is 1150. The van der Waals surface area contributed by atoms with Gasteiger partial charge in [-0.05, 0) is 60.7 Å². The number of halogens is 1. The van der Waals surface area contributed by atoms with E-state index < -0.39 is 0 Å². The van der Waals surface area contributed by atoms with Crippen molar-refractivity contribution in [3.05, 3.63) is 70.5 Å². The maximum absolute atomic E-state index is 13.7. The van der Waals surface area contributed by atoms with Crippen LogP contribution >= 0.6 is 0 Å². The predicted molar refractivity (Wildman–Crippen MR) is 146 cm³/mol. The molecule has 3 amide bonds. The molecule has 1 N–H and O–H groups in total. The van der Waals surface area contributed by atoms with Crippen molar-refractivity contribution >= 4 is 17.6 Å². The summed E-state index contributed by atoms with van der Waals surface area (Å²) in [6, 6.07) is 11.7. The molecule has 9 heteroatoms. The quantitative estimate of drug-likeness (QED) is 0.541. The fraction of sp³-hybridized carbons (Fsp3) is 0.483. The van der Waals surface area contributed by atoms with Crippen LogP contribution < -0.4 is 5.32 Å². The Morgan fingerprint density at radius 1 is 1.11 bits per heavy atom. The van der Waals surface area contributed by atoms with E-state index in [0.29, 0.717) is 39.3 Å². The molecule has 0 bridgehead atoms. The van der Waals surface area contributed by atoms with Gasteiger partial charge in [-0.3, -0.25) is 9.69 Å². The van der Waals surface area contributed by atoms with Crippen LogP contribution in [0.25, 0.3) is 0 Å². The van der Waals surface area contributed by atoms with Gasteiger partial charge in [-0.15, -0.1) is 0 Å². The lowest BCUT2D eigenvalue weighted by Crippen LogP contribution is -2.49. The number of ether oxygens (including phenoxy) is 1. The molecular formula is C29H38FN5O3. The van der Waals surface area contributed by atoms with Gasteiger partial charge < -0.3 is 15.0 Å². The maximum Gasteiger partial charge on any atom is 0.317 e. The summed E-state index contributed by atoms with van der Waals surface area (Å²) < 4.78 is 19.1. The summed E-state index contributed by atoms with van der Waals surface area (Å²) >= 11 is 0. The highest BCUT2D eigenvalue weighted by Gasteiger charge is 2.34. The third-order valence-corrected chi connectivity index (χ3v) is 7.19. The smallest absolute Gasteiger partial charge is 0.317 e. The zero-order valence-corrected chi connectivity index (χ0v) is 22.6. The molecule has 0 saturated carbocycles. The normalized spacial score (nSPS) is 17.8. The minimum Gasteiger partial charge on any atom is -0.379 e. The molecule has 204 valence electrons. The molecule has 8 nitrogen and oxygen atoms in total. The average Bonchev–Trinajstić information content (AvgIpc) is 3.38. The van der Waals surface area contributed by atoms with Gasteiger partial charge in [0.05, 0.1) is 25.0 Å². The third-order valence-electron chi connectivity index (χ3n) is 7.19. The van der Waals surface area contributed by atoms with Crippen molar-refractivity contribution < 1.29 is 18.7 Å². The molecule has 2 aromatic rings. The molecule has 0 aliphatic carbocycles. The van der Waals surface area contributed by atoms with Crippen LogP contribution in [0.4, 0.5) is 9.18 Å². The predicted octanol–water partition coefficient (Wildman–Crippen LogP) is 3.87. The summed E-state index contributed by atoms with van der Waals surface area (Å²) in [5, 5.41) is 9.14. The highest BCUT2D eigenvalue weighted by atomic mass is 19.1. The number of benzene rings is 2. The summed E-state index contributed by atoms with van der Waals surface area (Å²) in [6.07, 6.45) is 1.31. The zero-order valence-electron chi connectivity index (χ0n) is 22.6. The van der Waals surface area contributed by atoms with Crippen molar-refractivity contribution in [2.45, 2.75) is 39.7 Å². The molecular weight excluding hydrogens is 485 g/mol. The van der Waals surface area contributed by atoms with Gasteiger partial charge in [-0.1, -0.05) is 31.2 Å². The standard InChI is InChI=1S/C29H38FN5O3/c1-4-11-31-29(37)34(13-12-33-14-16-38-17-15-33)20-28(36)35-27(23-7-9-25(30)10-8-23)19-26(32-35)24-6-5-21(2)22(3)18-24/h5-10,18,27H,4,11-17,19-20H2,1-3H3,(H,31,37)/t27-/m0/s1. The number of hydrazone groups is 1. The van der Waals surface area contributed by atoms with Crippen molar-refractivity contribution in [2.24, 2.45) is 5.10 Å². The Balaban J connectivity index is 1.56. The van der Waals surface area contributed by atoms with E-state index in [2.05, 4.69) is 36.2 Å². The summed E-state index contributed by atoms with van der Waals surface area (Å²) in [7, 11) is 0. The van der Waals surface area contributed by atoms with Crippen LogP contribution in [-0.2, 0) is 9.53 Å². The second kappa shape index (κ2) is 13.0. The number of carbonyl (C=O) groups excluding carboxylic acids is 2. The minimum absolute atomic E-state index is 0.0959. The van der Waals surface area contributed by atoms with Crippen molar-refractivity contribution in [1.29, 1.82) is 0 Å². The van der Waals surface area contributed by atoms with Gasteiger partial charge in [0, 0.05) is 39.1 Å². The maximum atomic E-state index is 13.7. The first-order valence-corrected chi connectivity index (χ1v) is 13.4. The van der Waals surface area contributed by atoms with Gasteiger partial charge in [0.25, 0.3) is 5.91 Å². The number of nitrogens with zero attached hydrogens (tertiary/aromatic N) is 4. The minimum atomic E-state index is -0.375. The van der Waals surface area contributed by atoms with Crippen molar-refractivity contribution in [2.75, 3.05) is 52.5 Å². The van der Waals surface area contributed by atoms with E-state index in [1.807, 2.05) is 13.0 Å². The van der Waals surface area contributed by atoms with Crippen molar-refractivity contribution in [3.63, 3.8) is 0 Å². The monoisotopic (exact) mass is 523 g/mol. The highest BCUT2D eigenvalue weighted by molar-refractivity contribution is 6.03. The second-order valence-corrected chi connectivity index (χ2v) is 9.96. The summed E-state index contributed by atoms with van der Waals surface area (Å²) in [5.74, 6) is -0.603. The second-order valence-electron chi connectivity index (χ2n) is 9.96. The molecule has 0 radical (unpaired) electrons. The molecule has 2 aliphatic rings. The first kappa shape index (κ1) is 27.7. The Labute approximate surface area is 224 Å². The van der Waals surface area contributed by atoms with Crippen LogP contribution in [0.1, 0.15) is 48.1 Å². The van der Waals surface area contributed by atoms with Gasteiger partial charge in [-0.25, -0.2) is 14.2 Å². The Morgan fingerprint density at radius 3 is 2.53 bits per heavy atom. The van der Waals surface area contributed by atoms with Gasteiger partial charge in [0.15, 0.2) is 0 Å². The van der Waals surface area contributed by atoms with Crippen molar-refractivity contribution in [3.8, 4) is 0 Å². The first-order chi connectivity index (χ1) is 18.4. The lowest BCUT2D eigenvalue weighted by Gasteiger charge is -2.31. The number of hydrogen-bond acceptors (Lipinski definition) is 5. The van der Waals surface area contributed by atoms with E-state index in [0.717, 1.165) is 41.9 Å². The van der Waals surface area contributed by atoms with Crippen LogP contribution in [0.2, 0.25) is 0 Å². The summed E-state index contributed by atoms with van der Waals surface area (Å²) in [5.41, 5.74) is 4.89. The van der Waals surface area contributed by atoms with E-state index in [-0.39, 0.29) is 30.3 Å². The molecule has 1 atom stereocenters. The van der Waals surface area contributed by atoms with Gasteiger partial charge in [-0.2, -0.15) is 5.10 Å². The van der Waals surface area contributed by atoms with E-state index in [4.69, 9.17) is 9.84 Å². The molecule has 1 saturated heterocycles. The van der Waals surface area contributed by atoms with Crippen LogP contribution in [0, 0.1) is 19.7 Å². The number of nitrogens with one attached hydrogen (secondary N) is 1. The van der Waals surface area contributed by atoms with E-state index in [9.17, 15) is 14.0 Å². The SMILES string of the molecule is CCCNC(=O)N(CCN1CCOCC1)CC(=O)N1N=C(c2ccc(C)c(C)c2)C[C@H]1c1ccc(F)cc1. The molecule has 2 aliphatic heterocycles. The summed E-state index contributed by atoms with van der Waals surface area (Å²) in [6.45, 7) is 10.6. The van der Waals surface area contributed by atoms with Gasteiger partial charge in [0.2, 0.25) is 0 Å². The average molecular weight is 524 g/mol. The largest absolute Gasteiger partial charge is 0.379 e. The Kier molecular flexibility index (Phi) is 9.47. The van der Waals surface area contributed by atoms with Crippen LogP contribution in [-0.4, -0.2) is 84.9 Å². The lowest BCUT2D eigenvalue weighted by atomic mass is 9.96. The molecule has 2 heterocycles. The van der Waals surface area contributed by atoms with Crippen LogP contribution in [0.15, 0.2) is 47.6 Å². The van der Waals surface area contributed by atoms with Crippen molar-refractivity contribution in [1.82, 2.24) is 20.1 Å². The van der Waals surface area contributed by atoms with Crippen LogP contribution in [0.3, 0.4) is 0 Å². The van der Waals surface area contributed by atoms with Gasteiger partial charge in [0.1, 0.15) is 12.4 Å². The summed E-state index contributed by atoms with van der Waals surface area (Å²) in [4.78, 5) is 30.5. The number of morpholine rings is 1. The Hall–Kier alpha value is -3.30. The topological polar surface area (TPSA) is 77.5 Å². The first-order valence-electron chi connectivity index (χ1n) is 13.4. The third kappa shape index (κ3) is 6.96. The number of aryl methyl sites for hydroxylation is 2. The molecule has 4 rings (SSSR count). The van der Waals surface area contributed by atoms with E-state index >= 15 is 0 Å². The molecule has 0 unspecified atom stereocenters. The molecule has 1 fully saturated rings. The van der Waals surface area contributed by atoms with E-state index in [1.165, 1.54) is 22.7 Å². The highest BCUT2D eigenvalue weighted by Crippen LogP contribution is 2.33. The fourth-order valence-corrected chi connectivity index (χ4v) is 4.70. The van der Waals surface area contributed by atoms with E-state index in [1.54, 1.807) is 17.0 Å². The number of rotatable bonds is 9. The fourth-order valence-electron chi connectivity index (χ4n) is 4.70. The number of carbonyl (C=O) groups is 2. The van der Waals surface area contributed by atoms with Gasteiger partial charge >= 0.3 is 6.03 Å². The number of urea groups is 1. The van der Waals surface area contributed by atoms with Crippen LogP contribution in [0.5, 0.6) is 0 Å². The molecule has 38 heavy (non-hydrogen) atoms.